The summed E-state index contributed by atoms with van der Waals surface area (Å²) in [6.07, 6.45) is 0. The van der Waals surface area contributed by atoms with Crippen LogP contribution in [-0.2, 0) is 4.84 Å². The van der Waals surface area contributed by atoms with Crippen LogP contribution in [0.3, 0.4) is 0 Å². The van der Waals surface area contributed by atoms with Crippen LogP contribution in [0.25, 0.3) is 0 Å². The molecule has 0 amide bonds. The molecule has 3 rings (SSSR count). The third kappa shape index (κ3) is 3.63. The van der Waals surface area contributed by atoms with Gasteiger partial charge < -0.3 is 20.2 Å². The van der Waals surface area contributed by atoms with Gasteiger partial charge in [0.15, 0.2) is 5.16 Å². The number of hydroxylamine groups is 1. The zero-order valence-corrected chi connectivity index (χ0v) is 14.7. The predicted octanol–water partition coefficient (Wildman–Crippen LogP) is 3.15. The number of rotatable bonds is 3. The van der Waals surface area contributed by atoms with Gasteiger partial charge in [0.05, 0.1) is 16.8 Å². The SMILES string of the molecule is CO/N=C(/C1=Nc2ccc(Cl)cc2C(c2ccccc2F)=[N+]([O-])C1)[N+](=O)[O-]. The first-order chi connectivity index (χ1) is 12.9. The minimum atomic E-state index is -0.806. The summed E-state index contributed by atoms with van der Waals surface area (Å²) in [5, 5.41) is 27.8. The molecule has 2 aromatic carbocycles. The lowest BCUT2D eigenvalue weighted by Gasteiger charge is -2.11. The van der Waals surface area contributed by atoms with Gasteiger partial charge in [-0.1, -0.05) is 23.7 Å². The second-order valence-electron chi connectivity index (χ2n) is 5.44. The number of hydrogen-bond donors (Lipinski definition) is 0. The molecule has 0 aromatic heterocycles. The van der Waals surface area contributed by atoms with E-state index in [9.17, 15) is 19.7 Å². The van der Waals surface area contributed by atoms with Crippen LogP contribution in [-0.4, -0.2) is 40.6 Å². The molecule has 0 aliphatic carbocycles. The summed E-state index contributed by atoms with van der Waals surface area (Å²) in [4.78, 5) is 19.2. The molecule has 138 valence electrons. The number of hydrogen-bond acceptors (Lipinski definition) is 6. The van der Waals surface area contributed by atoms with Crippen LogP contribution < -0.4 is 0 Å². The third-order valence-electron chi connectivity index (χ3n) is 3.75. The van der Waals surface area contributed by atoms with Gasteiger partial charge in [-0.25, -0.2) is 9.38 Å². The summed E-state index contributed by atoms with van der Waals surface area (Å²) in [6, 6.07) is 10.2. The maximum atomic E-state index is 14.4. The fraction of sp³-hybridized carbons (Fsp3) is 0.118. The van der Waals surface area contributed by atoms with E-state index in [4.69, 9.17) is 11.6 Å². The highest BCUT2D eigenvalue weighted by atomic mass is 35.5. The van der Waals surface area contributed by atoms with Crippen molar-refractivity contribution in [1.82, 2.24) is 0 Å². The maximum Gasteiger partial charge on any atom is 0.437 e. The normalized spacial score (nSPS) is 14.3. The van der Waals surface area contributed by atoms with E-state index in [0.29, 0.717) is 9.76 Å². The van der Waals surface area contributed by atoms with Gasteiger partial charge in [-0.05, 0) is 35.3 Å². The zero-order valence-electron chi connectivity index (χ0n) is 13.9. The molecule has 0 radical (unpaired) electrons. The smallest absolute Gasteiger partial charge is 0.437 e. The third-order valence-corrected chi connectivity index (χ3v) is 3.98. The Bertz CT molecular complexity index is 1020. The largest absolute Gasteiger partial charge is 0.623 e. The molecule has 1 aliphatic heterocycles. The Labute approximate surface area is 157 Å². The van der Waals surface area contributed by atoms with Gasteiger partial charge in [0.1, 0.15) is 12.9 Å². The monoisotopic (exact) mass is 390 g/mol. The Balaban J connectivity index is 2.29. The molecule has 1 heterocycles. The molecule has 8 nitrogen and oxygen atoms in total. The summed E-state index contributed by atoms with van der Waals surface area (Å²) in [6.45, 7) is -0.529. The Hall–Kier alpha value is -3.33. The molecule has 0 bridgehead atoms. The van der Waals surface area contributed by atoms with Crippen molar-refractivity contribution in [1.29, 1.82) is 0 Å². The van der Waals surface area contributed by atoms with E-state index < -0.39 is 23.1 Å². The first-order valence-electron chi connectivity index (χ1n) is 7.62. The van der Waals surface area contributed by atoms with E-state index in [2.05, 4.69) is 15.0 Å². The van der Waals surface area contributed by atoms with Crippen LogP contribution >= 0.6 is 11.6 Å². The molecular formula is C17H12ClFN4O4. The lowest BCUT2D eigenvalue weighted by atomic mass is 10.00. The summed E-state index contributed by atoms with van der Waals surface area (Å²) < 4.78 is 14.8. The standard InChI is InChI=1S/C17H12ClFN4O4/c1-27-21-17(23(25)26)15-9-22(24)16(11-4-2-3-5-13(11)19)12-8-10(18)6-7-14(12)20-15/h2-8H,9H2,1H3/b21-17-. The first kappa shape index (κ1) is 18.5. The Kier molecular flexibility index (Phi) is 5.13. The van der Waals surface area contributed by atoms with Gasteiger partial charge >= 0.3 is 5.84 Å². The second-order valence-corrected chi connectivity index (χ2v) is 5.88. The number of oxime groups is 1. The van der Waals surface area contributed by atoms with E-state index in [1.807, 2.05) is 0 Å². The predicted molar refractivity (Wildman–Crippen MR) is 98.1 cm³/mol. The number of nitro groups is 1. The van der Waals surface area contributed by atoms with Crippen LogP contribution in [0.1, 0.15) is 11.1 Å². The first-order valence-corrected chi connectivity index (χ1v) is 8.00. The van der Waals surface area contributed by atoms with E-state index >= 15 is 0 Å². The molecule has 2 aromatic rings. The van der Waals surface area contributed by atoms with Gasteiger partial charge in [-0.3, -0.25) is 0 Å². The highest BCUT2D eigenvalue weighted by molar-refractivity contribution is 6.39. The van der Waals surface area contributed by atoms with E-state index in [1.54, 1.807) is 6.07 Å². The molecule has 0 unspecified atom stereocenters. The molecule has 0 fully saturated rings. The van der Waals surface area contributed by atoms with Crippen LogP contribution in [0.4, 0.5) is 10.1 Å². The summed E-state index contributed by atoms with van der Waals surface area (Å²) in [5.74, 6) is -1.34. The summed E-state index contributed by atoms with van der Waals surface area (Å²) in [7, 11) is 1.14. The van der Waals surface area contributed by atoms with Crippen LogP contribution in [0.2, 0.25) is 5.02 Å². The minimum Gasteiger partial charge on any atom is -0.623 e. The number of fused-ring (bicyclic) bond motifs is 1. The summed E-state index contributed by atoms with van der Waals surface area (Å²) in [5.41, 5.74) is 0.226. The van der Waals surface area contributed by atoms with Crippen molar-refractivity contribution < 1.29 is 18.9 Å². The van der Waals surface area contributed by atoms with Crippen molar-refractivity contribution in [2.45, 2.75) is 0 Å². The van der Waals surface area contributed by atoms with Gasteiger partial charge in [-0.15, -0.1) is 0 Å². The number of halogens is 2. The van der Waals surface area contributed by atoms with Gasteiger partial charge in [-0.2, -0.15) is 4.74 Å². The molecule has 0 N–H and O–H groups in total. The quantitative estimate of drug-likeness (QED) is 0.200. The van der Waals surface area contributed by atoms with Crippen LogP contribution in [0, 0.1) is 21.1 Å². The molecule has 0 saturated carbocycles. The van der Waals surface area contributed by atoms with Gasteiger partial charge in [0.2, 0.25) is 18.0 Å². The van der Waals surface area contributed by atoms with Crippen molar-refractivity contribution in [3.05, 3.63) is 79.8 Å². The minimum absolute atomic E-state index is 0.0267. The number of benzene rings is 2. The van der Waals surface area contributed by atoms with Gasteiger partial charge in [0, 0.05) is 5.02 Å². The molecule has 1 aliphatic rings. The van der Waals surface area contributed by atoms with Gasteiger partial charge in [0.25, 0.3) is 0 Å². The average molecular weight is 391 g/mol. The van der Waals surface area contributed by atoms with Crippen molar-refractivity contribution in [2.75, 3.05) is 13.7 Å². The molecule has 0 saturated heterocycles. The highest BCUT2D eigenvalue weighted by Crippen LogP contribution is 2.29. The Morgan fingerprint density at radius 2 is 2.07 bits per heavy atom. The fourth-order valence-corrected chi connectivity index (χ4v) is 2.83. The van der Waals surface area contributed by atoms with E-state index in [-0.39, 0.29) is 28.2 Å². The molecule has 27 heavy (non-hydrogen) atoms. The zero-order chi connectivity index (χ0) is 19.6. The summed E-state index contributed by atoms with van der Waals surface area (Å²) >= 11 is 6.04. The average Bonchev–Trinajstić information content (AvgIpc) is 2.75. The molecule has 0 spiro atoms. The Morgan fingerprint density at radius 3 is 2.74 bits per heavy atom. The topological polar surface area (TPSA) is 103 Å². The van der Waals surface area contributed by atoms with Crippen molar-refractivity contribution in [3.63, 3.8) is 0 Å². The Morgan fingerprint density at radius 1 is 1.33 bits per heavy atom. The van der Waals surface area contributed by atoms with E-state index in [1.165, 1.54) is 36.4 Å². The highest BCUT2D eigenvalue weighted by Gasteiger charge is 2.33. The maximum absolute atomic E-state index is 14.4. The number of amidine groups is 1. The molecule has 10 heteroatoms. The van der Waals surface area contributed by atoms with Crippen molar-refractivity contribution in [3.8, 4) is 0 Å². The number of aliphatic imine (C=N–C) groups is 1. The van der Waals surface area contributed by atoms with Crippen molar-refractivity contribution in [2.24, 2.45) is 10.1 Å². The lowest BCUT2D eigenvalue weighted by Crippen LogP contribution is -2.31. The van der Waals surface area contributed by atoms with E-state index in [0.717, 1.165) is 7.11 Å². The lowest BCUT2D eigenvalue weighted by molar-refractivity contribution is -0.439. The van der Waals surface area contributed by atoms with Crippen LogP contribution in [0.15, 0.2) is 52.6 Å². The van der Waals surface area contributed by atoms with Crippen LogP contribution in [0.5, 0.6) is 0 Å². The fourth-order valence-electron chi connectivity index (χ4n) is 2.66. The molecular weight excluding hydrogens is 379 g/mol. The van der Waals surface area contributed by atoms with Crippen molar-refractivity contribution >= 4 is 34.5 Å². The second kappa shape index (κ2) is 7.50. The molecule has 0 atom stereocenters. The number of nitrogens with zero attached hydrogens (tertiary/aromatic N) is 4.